The van der Waals surface area contributed by atoms with Crippen LogP contribution in [0.4, 0.5) is 5.69 Å². The molecule has 0 fully saturated rings. The number of amides is 1. The van der Waals surface area contributed by atoms with Crippen LogP contribution >= 0.6 is 12.4 Å². The second-order valence-corrected chi connectivity index (χ2v) is 4.72. The zero-order valence-corrected chi connectivity index (χ0v) is 13.1. The fraction of sp³-hybridized carbons (Fsp3) is 0.500. The van der Waals surface area contributed by atoms with Gasteiger partial charge in [0.2, 0.25) is 5.91 Å². The number of ether oxygens (including phenoxy) is 1. The highest BCUT2D eigenvalue weighted by Gasteiger charge is 2.09. The smallest absolute Gasteiger partial charge is 0.238 e. The average Bonchev–Trinajstić information content (AvgIpc) is 2.37. The summed E-state index contributed by atoms with van der Waals surface area (Å²) in [5.41, 5.74) is 6.12. The van der Waals surface area contributed by atoms with Crippen LogP contribution in [0.2, 0.25) is 0 Å². The van der Waals surface area contributed by atoms with E-state index in [1.54, 1.807) is 0 Å². The number of benzene rings is 1. The van der Waals surface area contributed by atoms with Crippen molar-refractivity contribution in [1.82, 2.24) is 4.90 Å². The van der Waals surface area contributed by atoms with Crippen molar-refractivity contribution in [2.45, 2.75) is 19.9 Å². The van der Waals surface area contributed by atoms with E-state index in [0.717, 1.165) is 11.4 Å². The lowest BCUT2D eigenvalue weighted by molar-refractivity contribution is -0.117. The Labute approximate surface area is 126 Å². The highest BCUT2D eigenvalue weighted by molar-refractivity contribution is 5.92. The molecule has 1 amide bonds. The lowest BCUT2D eigenvalue weighted by Gasteiger charge is -2.20. The number of halogens is 1. The van der Waals surface area contributed by atoms with Crippen LogP contribution < -0.4 is 15.8 Å². The van der Waals surface area contributed by atoms with Crippen LogP contribution in [0.1, 0.15) is 13.8 Å². The lowest BCUT2D eigenvalue weighted by atomic mass is 10.3. The molecule has 1 aromatic carbocycles. The van der Waals surface area contributed by atoms with Crippen LogP contribution in [0, 0.1) is 0 Å². The molecular weight excluding hydrogens is 278 g/mol. The Morgan fingerprint density at radius 2 is 1.95 bits per heavy atom. The molecule has 0 bridgehead atoms. The molecule has 20 heavy (non-hydrogen) atoms. The number of nitrogens with zero attached hydrogens (tertiary/aromatic N) is 1. The number of anilines is 1. The predicted octanol–water partition coefficient (Wildman–Crippen LogP) is 1.72. The minimum atomic E-state index is -0.0215. The summed E-state index contributed by atoms with van der Waals surface area (Å²) in [6.07, 6.45) is 0. The van der Waals surface area contributed by atoms with Crippen molar-refractivity contribution in [2.75, 3.05) is 32.1 Å². The van der Waals surface area contributed by atoms with E-state index in [2.05, 4.69) is 19.2 Å². The minimum absolute atomic E-state index is 0. The summed E-state index contributed by atoms with van der Waals surface area (Å²) in [4.78, 5) is 13.8. The molecule has 6 heteroatoms. The first-order chi connectivity index (χ1) is 9.02. The van der Waals surface area contributed by atoms with Crippen LogP contribution in [0.3, 0.4) is 0 Å². The Morgan fingerprint density at radius 1 is 1.35 bits per heavy atom. The number of hydrogen-bond donors (Lipinski definition) is 2. The van der Waals surface area contributed by atoms with Gasteiger partial charge in [0.1, 0.15) is 12.4 Å². The number of nitrogens with two attached hydrogens (primary N) is 1. The molecule has 0 saturated carbocycles. The van der Waals surface area contributed by atoms with Gasteiger partial charge in [-0.15, -0.1) is 12.4 Å². The third-order valence-corrected chi connectivity index (χ3v) is 2.80. The van der Waals surface area contributed by atoms with E-state index < -0.39 is 0 Å². The number of rotatable bonds is 7. The fourth-order valence-corrected chi connectivity index (χ4v) is 1.42. The quantitative estimate of drug-likeness (QED) is 0.805. The summed E-state index contributed by atoms with van der Waals surface area (Å²) in [6, 6.07) is 7.62. The van der Waals surface area contributed by atoms with Crippen LogP contribution in [0.15, 0.2) is 24.3 Å². The largest absolute Gasteiger partial charge is 0.492 e. The Kier molecular flexibility index (Phi) is 8.96. The number of carbonyl (C=O) groups excluding carboxylic acids is 1. The zero-order valence-electron chi connectivity index (χ0n) is 12.3. The van der Waals surface area contributed by atoms with Crippen LogP contribution in [0.5, 0.6) is 5.75 Å². The van der Waals surface area contributed by atoms with Crippen molar-refractivity contribution in [3.63, 3.8) is 0 Å². The molecule has 0 aliphatic carbocycles. The van der Waals surface area contributed by atoms with Crippen molar-refractivity contribution in [2.24, 2.45) is 5.73 Å². The second-order valence-electron chi connectivity index (χ2n) is 4.72. The standard InChI is InChI=1S/C14H23N3O2.ClH/c1-11(2)17(3)10-14(18)16-12-4-6-13(7-5-12)19-9-8-15;/h4-7,11H,8-10,15H2,1-3H3,(H,16,18);1H. The summed E-state index contributed by atoms with van der Waals surface area (Å²) >= 11 is 0. The van der Waals surface area contributed by atoms with Crippen molar-refractivity contribution in [1.29, 1.82) is 0 Å². The average molecular weight is 302 g/mol. The van der Waals surface area contributed by atoms with Crippen molar-refractivity contribution >= 4 is 24.0 Å². The second kappa shape index (κ2) is 9.58. The Hall–Kier alpha value is -1.30. The molecule has 0 aromatic heterocycles. The van der Waals surface area contributed by atoms with Gasteiger partial charge in [0, 0.05) is 18.3 Å². The maximum absolute atomic E-state index is 11.8. The van der Waals surface area contributed by atoms with E-state index in [0.29, 0.717) is 25.7 Å². The molecule has 0 heterocycles. The van der Waals surface area contributed by atoms with E-state index in [9.17, 15) is 4.79 Å². The normalized spacial score (nSPS) is 10.3. The molecule has 1 aromatic rings. The van der Waals surface area contributed by atoms with Gasteiger partial charge in [0.15, 0.2) is 0 Å². The molecule has 5 nitrogen and oxygen atoms in total. The molecule has 0 radical (unpaired) electrons. The molecule has 3 N–H and O–H groups in total. The predicted molar refractivity (Wildman–Crippen MR) is 84.6 cm³/mol. The molecule has 0 unspecified atom stereocenters. The van der Waals surface area contributed by atoms with Gasteiger partial charge in [-0.3, -0.25) is 9.69 Å². The van der Waals surface area contributed by atoms with E-state index in [1.807, 2.05) is 36.2 Å². The van der Waals surface area contributed by atoms with Crippen molar-refractivity contribution < 1.29 is 9.53 Å². The van der Waals surface area contributed by atoms with Crippen molar-refractivity contribution in [3.8, 4) is 5.75 Å². The summed E-state index contributed by atoms with van der Waals surface area (Å²) in [5, 5.41) is 2.85. The fourth-order valence-electron chi connectivity index (χ4n) is 1.42. The zero-order chi connectivity index (χ0) is 14.3. The third-order valence-electron chi connectivity index (χ3n) is 2.80. The summed E-state index contributed by atoms with van der Waals surface area (Å²) in [7, 11) is 1.92. The van der Waals surface area contributed by atoms with E-state index in [1.165, 1.54) is 0 Å². The monoisotopic (exact) mass is 301 g/mol. The topological polar surface area (TPSA) is 67.6 Å². The van der Waals surface area contributed by atoms with Crippen LogP contribution in [-0.4, -0.2) is 43.6 Å². The molecule has 0 saturated heterocycles. The maximum Gasteiger partial charge on any atom is 0.238 e. The number of hydrogen-bond acceptors (Lipinski definition) is 4. The molecular formula is C14H24ClN3O2. The Morgan fingerprint density at radius 3 is 2.45 bits per heavy atom. The van der Waals surface area contributed by atoms with Crippen molar-refractivity contribution in [3.05, 3.63) is 24.3 Å². The highest BCUT2D eigenvalue weighted by Crippen LogP contribution is 2.15. The van der Waals surface area contributed by atoms with Gasteiger partial charge in [-0.1, -0.05) is 0 Å². The van der Waals surface area contributed by atoms with Gasteiger partial charge < -0.3 is 15.8 Å². The highest BCUT2D eigenvalue weighted by atomic mass is 35.5. The van der Waals surface area contributed by atoms with Gasteiger partial charge in [0.05, 0.1) is 6.54 Å². The van der Waals surface area contributed by atoms with Crippen LogP contribution in [0.25, 0.3) is 0 Å². The molecule has 0 atom stereocenters. The van der Waals surface area contributed by atoms with Gasteiger partial charge in [-0.05, 0) is 45.2 Å². The maximum atomic E-state index is 11.8. The SMILES string of the molecule is CC(C)N(C)CC(=O)Nc1ccc(OCCN)cc1.Cl. The Balaban J connectivity index is 0.00000361. The number of nitrogens with one attached hydrogen (secondary N) is 1. The van der Waals surface area contributed by atoms with Gasteiger partial charge >= 0.3 is 0 Å². The van der Waals surface area contributed by atoms with E-state index >= 15 is 0 Å². The van der Waals surface area contributed by atoms with E-state index in [-0.39, 0.29) is 18.3 Å². The lowest BCUT2D eigenvalue weighted by Crippen LogP contribution is -2.34. The molecule has 0 aliphatic heterocycles. The molecule has 0 aliphatic rings. The first kappa shape index (κ1) is 18.7. The van der Waals surface area contributed by atoms with Gasteiger partial charge in [-0.2, -0.15) is 0 Å². The Bertz CT molecular complexity index is 396. The summed E-state index contributed by atoms with van der Waals surface area (Å²) < 4.78 is 5.37. The summed E-state index contributed by atoms with van der Waals surface area (Å²) in [5.74, 6) is 0.731. The first-order valence-electron chi connectivity index (χ1n) is 6.46. The molecule has 114 valence electrons. The number of carbonyl (C=O) groups is 1. The minimum Gasteiger partial charge on any atom is -0.492 e. The third kappa shape index (κ3) is 6.75. The first-order valence-corrected chi connectivity index (χ1v) is 6.46. The summed E-state index contributed by atoms with van der Waals surface area (Å²) in [6.45, 7) is 5.46. The van der Waals surface area contributed by atoms with Crippen LogP contribution in [-0.2, 0) is 4.79 Å². The molecule has 1 rings (SSSR count). The number of likely N-dealkylation sites (N-methyl/N-ethyl adjacent to an activating group) is 1. The van der Waals surface area contributed by atoms with Gasteiger partial charge in [-0.25, -0.2) is 0 Å². The van der Waals surface area contributed by atoms with E-state index in [4.69, 9.17) is 10.5 Å². The van der Waals surface area contributed by atoms with Gasteiger partial charge in [0.25, 0.3) is 0 Å². The molecule has 0 spiro atoms.